The highest BCUT2D eigenvalue weighted by molar-refractivity contribution is 8.00. The van der Waals surface area contributed by atoms with Crippen molar-refractivity contribution in [2.45, 2.75) is 31.6 Å². The molecule has 1 fully saturated rings. The number of rotatable bonds is 3. The number of nitrogens with zero attached hydrogens (tertiary/aromatic N) is 1. The van der Waals surface area contributed by atoms with E-state index in [-0.39, 0.29) is 12.5 Å². The van der Waals surface area contributed by atoms with Crippen LogP contribution in [0.3, 0.4) is 0 Å². The van der Waals surface area contributed by atoms with Gasteiger partial charge in [0.05, 0.1) is 5.69 Å². The summed E-state index contributed by atoms with van der Waals surface area (Å²) in [6.07, 6.45) is 1.17. The van der Waals surface area contributed by atoms with Gasteiger partial charge in [-0.05, 0) is 24.5 Å². The standard InChI is InChI=1S/C16H22N2O2S/c1-10(2)14-7-11(9-21-14)17-12-5-4-6-13-16(12)18(3)15(19)8-20-13/h4-6,10-11,14,17H,7-9H2,1-3H3. The molecule has 0 aliphatic carbocycles. The highest BCUT2D eigenvalue weighted by Crippen LogP contribution is 2.40. The van der Waals surface area contributed by atoms with Crippen molar-refractivity contribution >= 4 is 29.0 Å². The molecule has 1 saturated heterocycles. The van der Waals surface area contributed by atoms with Gasteiger partial charge in [0.15, 0.2) is 6.61 Å². The Morgan fingerprint density at radius 3 is 2.95 bits per heavy atom. The van der Waals surface area contributed by atoms with Gasteiger partial charge in [0.1, 0.15) is 11.4 Å². The number of likely N-dealkylation sites (N-methyl/N-ethyl adjacent to an activating group) is 1. The molecule has 0 saturated carbocycles. The van der Waals surface area contributed by atoms with Crippen LogP contribution in [0.15, 0.2) is 18.2 Å². The van der Waals surface area contributed by atoms with E-state index >= 15 is 0 Å². The van der Waals surface area contributed by atoms with E-state index in [4.69, 9.17) is 4.74 Å². The Hall–Kier alpha value is -1.36. The largest absolute Gasteiger partial charge is 0.481 e. The summed E-state index contributed by atoms with van der Waals surface area (Å²) < 4.78 is 5.53. The monoisotopic (exact) mass is 306 g/mol. The normalized spacial score (nSPS) is 25.0. The zero-order chi connectivity index (χ0) is 15.0. The predicted octanol–water partition coefficient (Wildman–Crippen LogP) is 2.98. The van der Waals surface area contributed by atoms with Crippen LogP contribution in [0.2, 0.25) is 0 Å². The molecule has 2 atom stereocenters. The molecule has 1 aromatic carbocycles. The molecule has 2 unspecified atom stereocenters. The summed E-state index contributed by atoms with van der Waals surface area (Å²) in [5, 5.41) is 4.33. The Kier molecular flexibility index (Phi) is 4.02. The molecule has 1 aromatic rings. The number of para-hydroxylation sites is 1. The molecule has 2 heterocycles. The first-order chi connectivity index (χ1) is 10.1. The van der Waals surface area contributed by atoms with Gasteiger partial charge in [-0.1, -0.05) is 19.9 Å². The van der Waals surface area contributed by atoms with Gasteiger partial charge in [0, 0.05) is 24.1 Å². The number of nitrogens with one attached hydrogen (secondary N) is 1. The van der Waals surface area contributed by atoms with Gasteiger partial charge in [-0.15, -0.1) is 0 Å². The minimum atomic E-state index is -0.00222. The molecule has 4 nitrogen and oxygen atoms in total. The average Bonchev–Trinajstić information content (AvgIpc) is 2.92. The van der Waals surface area contributed by atoms with E-state index in [0.717, 1.165) is 28.1 Å². The number of ether oxygens (including phenoxy) is 1. The minimum absolute atomic E-state index is 0.00222. The number of hydrogen-bond acceptors (Lipinski definition) is 4. The van der Waals surface area contributed by atoms with Crippen molar-refractivity contribution in [3.05, 3.63) is 18.2 Å². The van der Waals surface area contributed by atoms with Gasteiger partial charge in [-0.25, -0.2) is 0 Å². The number of anilines is 2. The van der Waals surface area contributed by atoms with E-state index in [1.807, 2.05) is 37.0 Å². The van der Waals surface area contributed by atoms with Crippen LogP contribution in [0.1, 0.15) is 20.3 Å². The summed E-state index contributed by atoms with van der Waals surface area (Å²) in [6, 6.07) is 6.39. The second-order valence-electron chi connectivity index (χ2n) is 6.09. The van der Waals surface area contributed by atoms with Gasteiger partial charge < -0.3 is 15.0 Å². The van der Waals surface area contributed by atoms with E-state index in [1.54, 1.807) is 4.90 Å². The Balaban J connectivity index is 1.79. The molecule has 2 aliphatic rings. The summed E-state index contributed by atoms with van der Waals surface area (Å²) in [7, 11) is 1.81. The fourth-order valence-electron chi connectivity index (χ4n) is 2.90. The van der Waals surface area contributed by atoms with Gasteiger partial charge in [0.25, 0.3) is 5.91 Å². The van der Waals surface area contributed by atoms with E-state index in [1.165, 1.54) is 6.42 Å². The fourth-order valence-corrected chi connectivity index (χ4v) is 4.36. The van der Waals surface area contributed by atoms with Crippen LogP contribution in [0.25, 0.3) is 0 Å². The molecule has 0 spiro atoms. The van der Waals surface area contributed by atoms with E-state index in [2.05, 4.69) is 19.2 Å². The van der Waals surface area contributed by atoms with Crippen molar-refractivity contribution in [3.8, 4) is 5.75 Å². The summed E-state index contributed by atoms with van der Waals surface area (Å²) in [4.78, 5) is 13.6. The molecule has 114 valence electrons. The molecular weight excluding hydrogens is 284 g/mol. The Morgan fingerprint density at radius 1 is 1.43 bits per heavy atom. The maximum Gasteiger partial charge on any atom is 0.264 e. The molecule has 0 radical (unpaired) electrons. The van der Waals surface area contributed by atoms with E-state index in [0.29, 0.717) is 12.0 Å². The zero-order valence-corrected chi connectivity index (χ0v) is 13.6. The lowest BCUT2D eigenvalue weighted by molar-refractivity contribution is -0.120. The van der Waals surface area contributed by atoms with Crippen LogP contribution in [-0.2, 0) is 4.79 Å². The van der Waals surface area contributed by atoms with Crippen molar-refractivity contribution in [2.75, 3.05) is 29.6 Å². The van der Waals surface area contributed by atoms with Gasteiger partial charge in [0.2, 0.25) is 0 Å². The average molecular weight is 306 g/mol. The molecular formula is C16H22N2O2S. The first kappa shape index (κ1) is 14.6. The molecule has 5 heteroatoms. The van der Waals surface area contributed by atoms with E-state index < -0.39 is 0 Å². The van der Waals surface area contributed by atoms with Crippen molar-refractivity contribution in [2.24, 2.45) is 5.92 Å². The molecule has 2 aliphatic heterocycles. The predicted molar refractivity (Wildman–Crippen MR) is 88.5 cm³/mol. The maximum atomic E-state index is 11.9. The van der Waals surface area contributed by atoms with Crippen molar-refractivity contribution < 1.29 is 9.53 Å². The van der Waals surface area contributed by atoms with Crippen molar-refractivity contribution in [1.82, 2.24) is 0 Å². The lowest BCUT2D eigenvalue weighted by Gasteiger charge is -2.29. The van der Waals surface area contributed by atoms with Crippen LogP contribution in [0, 0.1) is 5.92 Å². The third-order valence-corrected chi connectivity index (χ3v) is 5.95. The highest BCUT2D eigenvalue weighted by atomic mass is 32.2. The van der Waals surface area contributed by atoms with Crippen molar-refractivity contribution in [3.63, 3.8) is 0 Å². The second kappa shape index (κ2) is 5.79. The second-order valence-corrected chi connectivity index (χ2v) is 7.36. The van der Waals surface area contributed by atoms with Crippen LogP contribution in [0.5, 0.6) is 5.75 Å². The lowest BCUT2D eigenvalue weighted by Crippen LogP contribution is -2.36. The third kappa shape index (κ3) is 2.84. The molecule has 1 amide bonds. The number of carbonyl (C=O) groups is 1. The molecule has 3 rings (SSSR count). The SMILES string of the molecule is CC(C)C1CC(Nc2cccc3c2N(C)C(=O)CO3)CS1. The summed E-state index contributed by atoms with van der Waals surface area (Å²) in [5.74, 6) is 2.61. The zero-order valence-electron chi connectivity index (χ0n) is 12.8. The number of fused-ring (bicyclic) bond motifs is 1. The first-order valence-corrected chi connectivity index (χ1v) is 8.51. The quantitative estimate of drug-likeness (QED) is 0.932. The number of carbonyl (C=O) groups excluding carboxylic acids is 1. The van der Waals surface area contributed by atoms with Crippen LogP contribution in [0.4, 0.5) is 11.4 Å². The van der Waals surface area contributed by atoms with Crippen molar-refractivity contribution in [1.29, 1.82) is 0 Å². The number of benzene rings is 1. The number of thioether (sulfide) groups is 1. The fraction of sp³-hybridized carbons (Fsp3) is 0.562. The van der Waals surface area contributed by atoms with Gasteiger partial charge in [-0.3, -0.25) is 4.79 Å². The molecule has 0 bridgehead atoms. The van der Waals surface area contributed by atoms with Gasteiger partial charge >= 0.3 is 0 Å². The molecule has 0 aromatic heterocycles. The minimum Gasteiger partial charge on any atom is -0.481 e. The smallest absolute Gasteiger partial charge is 0.264 e. The number of hydrogen-bond donors (Lipinski definition) is 1. The summed E-state index contributed by atoms with van der Waals surface area (Å²) >= 11 is 2.04. The summed E-state index contributed by atoms with van der Waals surface area (Å²) in [6.45, 7) is 4.69. The Morgan fingerprint density at radius 2 is 2.24 bits per heavy atom. The molecule has 21 heavy (non-hydrogen) atoms. The summed E-state index contributed by atoms with van der Waals surface area (Å²) in [5.41, 5.74) is 1.87. The van der Waals surface area contributed by atoms with Gasteiger partial charge in [-0.2, -0.15) is 11.8 Å². The molecule has 1 N–H and O–H groups in total. The third-order valence-electron chi connectivity index (χ3n) is 4.19. The Labute approximate surface area is 130 Å². The first-order valence-electron chi connectivity index (χ1n) is 7.46. The topological polar surface area (TPSA) is 41.6 Å². The van der Waals surface area contributed by atoms with Crippen LogP contribution in [-0.4, -0.2) is 36.6 Å². The highest BCUT2D eigenvalue weighted by Gasteiger charge is 2.30. The number of amides is 1. The van der Waals surface area contributed by atoms with Crippen LogP contribution < -0.4 is 15.0 Å². The Bertz CT molecular complexity index is 547. The maximum absolute atomic E-state index is 11.9. The van der Waals surface area contributed by atoms with Crippen LogP contribution >= 0.6 is 11.8 Å². The lowest BCUT2D eigenvalue weighted by atomic mass is 10.0. The van der Waals surface area contributed by atoms with E-state index in [9.17, 15) is 4.79 Å².